The van der Waals surface area contributed by atoms with Crippen molar-refractivity contribution in [3.05, 3.63) is 0 Å². The van der Waals surface area contributed by atoms with E-state index in [1.54, 1.807) is 0 Å². The number of carboxylic acids is 1. The van der Waals surface area contributed by atoms with E-state index in [2.05, 4.69) is 4.90 Å². The summed E-state index contributed by atoms with van der Waals surface area (Å²) in [7, 11) is 0. The van der Waals surface area contributed by atoms with Crippen molar-refractivity contribution in [1.82, 2.24) is 4.90 Å². The molecule has 0 aromatic carbocycles. The maximum atomic E-state index is 12.6. The lowest BCUT2D eigenvalue weighted by molar-refractivity contribution is -0.167. The summed E-state index contributed by atoms with van der Waals surface area (Å²) >= 11 is 0. The van der Waals surface area contributed by atoms with Gasteiger partial charge in [-0.2, -0.15) is 0 Å². The van der Waals surface area contributed by atoms with Crippen LogP contribution in [0.5, 0.6) is 0 Å². The maximum absolute atomic E-state index is 12.6. The fraction of sp³-hybridized carbons (Fsp3) is 0.895. The van der Waals surface area contributed by atoms with Crippen LogP contribution in [0.15, 0.2) is 0 Å². The normalized spacial score (nSPS) is 18.8. The van der Waals surface area contributed by atoms with Crippen LogP contribution in [-0.2, 0) is 19.1 Å². The number of carbonyl (C=O) groups excluding carboxylic acids is 1. The average Bonchev–Trinajstić information content (AvgIpc) is 2.48. The van der Waals surface area contributed by atoms with Crippen LogP contribution in [0.3, 0.4) is 0 Å². The van der Waals surface area contributed by atoms with Crippen LogP contribution in [0.4, 0.5) is 0 Å². The lowest BCUT2D eigenvalue weighted by Crippen LogP contribution is -2.39. The van der Waals surface area contributed by atoms with Gasteiger partial charge in [-0.25, -0.2) is 0 Å². The van der Waals surface area contributed by atoms with E-state index in [1.807, 2.05) is 34.6 Å². The molecule has 2 atom stereocenters. The first kappa shape index (κ1) is 21.9. The molecule has 25 heavy (non-hydrogen) atoms. The Morgan fingerprint density at radius 1 is 1.16 bits per heavy atom. The SMILES string of the molecule is CC(C)CC(C(=O)O)C(CCCN1CCOCC1)C(=O)OC(C)(C)C. The van der Waals surface area contributed by atoms with Gasteiger partial charge >= 0.3 is 11.9 Å². The molecular formula is C19H35NO5. The number of esters is 1. The molecule has 0 saturated carbocycles. The van der Waals surface area contributed by atoms with Gasteiger partial charge in [0.15, 0.2) is 0 Å². The lowest BCUT2D eigenvalue weighted by atomic mass is 9.82. The highest BCUT2D eigenvalue weighted by molar-refractivity contribution is 5.81. The molecule has 6 heteroatoms. The fourth-order valence-corrected chi connectivity index (χ4v) is 3.17. The van der Waals surface area contributed by atoms with Crippen molar-refractivity contribution in [2.75, 3.05) is 32.8 Å². The van der Waals surface area contributed by atoms with Gasteiger partial charge in [-0.1, -0.05) is 13.8 Å². The van der Waals surface area contributed by atoms with Gasteiger partial charge in [-0.05, 0) is 52.5 Å². The predicted octanol–water partition coefficient (Wildman–Crippen LogP) is 2.80. The van der Waals surface area contributed by atoms with Crippen molar-refractivity contribution >= 4 is 11.9 Å². The molecule has 0 spiro atoms. The van der Waals surface area contributed by atoms with Crippen LogP contribution in [0, 0.1) is 17.8 Å². The van der Waals surface area contributed by atoms with Crippen LogP contribution >= 0.6 is 0 Å². The number of hydrogen-bond donors (Lipinski definition) is 1. The largest absolute Gasteiger partial charge is 0.481 e. The average molecular weight is 357 g/mol. The van der Waals surface area contributed by atoms with Crippen LogP contribution in [-0.4, -0.2) is 60.4 Å². The molecule has 146 valence electrons. The Balaban J connectivity index is 2.74. The minimum atomic E-state index is -0.907. The second-order valence-corrected chi connectivity index (χ2v) is 8.31. The lowest BCUT2D eigenvalue weighted by Gasteiger charge is -2.30. The van der Waals surface area contributed by atoms with Crippen LogP contribution in [0.2, 0.25) is 0 Å². The minimum Gasteiger partial charge on any atom is -0.481 e. The molecule has 1 aliphatic heterocycles. The van der Waals surface area contributed by atoms with Gasteiger partial charge in [-0.3, -0.25) is 14.5 Å². The van der Waals surface area contributed by atoms with Gasteiger partial charge in [0.05, 0.1) is 25.0 Å². The molecule has 0 bridgehead atoms. The molecule has 6 nitrogen and oxygen atoms in total. The quantitative estimate of drug-likeness (QED) is 0.640. The molecule has 0 aliphatic carbocycles. The van der Waals surface area contributed by atoms with Crippen molar-refractivity contribution in [3.8, 4) is 0 Å². The Labute approximate surface area is 151 Å². The van der Waals surface area contributed by atoms with E-state index in [9.17, 15) is 14.7 Å². The van der Waals surface area contributed by atoms with Gasteiger partial charge in [-0.15, -0.1) is 0 Å². The number of rotatable bonds is 9. The van der Waals surface area contributed by atoms with Crippen molar-refractivity contribution in [3.63, 3.8) is 0 Å². The molecule has 0 amide bonds. The zero-order chi connectivity index (χ0) is 19.0. The summed E-state index contributed by atoms with van der Waals surface area (Å²) < 4.78 is 10.9. The summed E-state index contributed by atoms with van der Waals surface area (Å²) in [5.41, 5.74) is -0.611. The number of nitrogens with zero attached hydrogens (tertiary/aromatic N) is 1. The highest BCUT2D eigenvalue weighted by Gasteiger charge is 2.36. The van der Waals surface area contributed by atoms with E-state index in [0.29, 0.717) is 12.8 Å². The Morgan fingerprint density at radius 2 is 1.76 bits per heavy atom. The second-order valence-electron chi connectivity index (χ2n) is 8.31. The van der Waals surface area contributed by atoms with Crippen molar-refractivity contribution < 1.29 is 24.2 Å². The Kier molecular flexibility index (Phi) is 8.86. The molecule has 2 unspecified atom stereocenters. The van der Waals surface area contributed by atoms with E-state index in [0.717, 1.165) is 39.3 Å². The second kappa shape index (κ2) is 10.1. The summed E-state index contributed by atoms with van der Waals surface area (Å²) in [6.45, 7) is 13.5. The third-order valence-corrected chi connectivity index (χ3v) is 4.33. The van der Waals surface area contributed by atoms with Crippen LogP contribution < -0.4 is 0 Å². The molecule has 1 aliphatic rings. The van der Waals surface area contributed by atoms with E-state index >= 15 is 0 Å². The zero-order valence-corrected chi connectivity index (χ0v) is 16.4. The van der Waals surface area contributed by atoms with E-state index in [-0.39, 0.29) is 11.9 Å². The topological polar surface area (TPSA) is 76.1 Å². The van der Waals surface area contributed by atoms with Gasteiger partial charge in [0.1, 0.15) is 5.60 Å². The number of carboxylic acid groups (broad SMARTS) is 1. The highest BCUT2D eigenvalue weighted by Crippen LogP contribution is 2.28. The van der Waals surface area contributed by atoms with Crippen LogP contribution in [0.25, 0.3) is 0 Å². The summed E-state index contributed by atoms with van der Waals surface area (Å²) in [6.07, 6.45) is 1.80. The van der Waals surface area contributed by atoms with Crippen molar-refractivity contribution in [1.29, 1.82) is 0 Å². The third kappa shape index (κ3) is 8.68. The zero-order valence-electron chi connectivity index (χ0n) is 16.4. The molecule has 0 aromatic rings. The third-order valence-electron chi connectivity index (χ3n) is 4.33. The fourth-order valence-electron chi connectivity index (χ4n) is 3.17. The summed E-state index contributed by atoms with van der Waals surface area (Å²) in [6, 6.07) is 0. The number of morpholine rings is 1. The standard InChI is InChI=1S/C19H35NO5/c1-14(2)13-16(17(21)22)15(18(23)25-19(3,4)5)7-6-8-20-9-11-24-12-10-20/h14-16H,6-13H2,1-5H3,(H,21,22). The van der Waals surface area contributed by atoms with Gasteiger partial charge in [0.2, 0.25) is 0 Å². The first-order valence-electron chi connectivity index (χ1n) is 9.36. The molecule has 1 saturated heterocycles. The monoisotopic (exact) mass is 357 g/mol. The summed E-state index contributed by atoms with van der Waals surface area (Å²) in [4.78, 5) is 26.7. The molecule has 0 aromatic heterocycles. The molecule has 1 N–H and O–H groups in total. The number of carbonyl (C=O) groups is 2. The molecule has 1 heterocycles. The number of aliphatic carboxylic acids is 1. The first-order valence-corrected chi connectivity index (χ1v) is 9.36. The van der Waals surface area contributed by atoms with E-state index in [1.165, 1.54) is 0 Å². The Bertz CT molecular complexity index is 424. The van der Waals surface area contributed by atoms with Crippen LogP contribution in [0.1, 0.15) is 53.9 Å². The maximum Gasteiger partial charge on any atom is 0.310 e. The number of ether oxygens (including phenoxy) is 2. The van der Waals surface area contributed by atoms with Gasteiger partial charge in [0, 0.05) is 13.1 Å². The van der Waals surface area contributed by atoms with Crippen molar-refractivity contribution in [2.24, 2.45) is 17.8 Å². The molecule has 1 fully saturated rings. The predicted molar refractivity (Wildman–Crippen MR) is 96.4 cm³/mol. The Morgan fingerprint density at radius 3 is 2.24 bits per heavy atom. The molecule has 0 radical (unpaired) electrons. The van der Waals surface area contributed by atoms with E-state index < -0.39 is 23.4 Å². The van der Waals surface area contributed by atoms with E-state index in [4.69, 9.17) is 9.47 Å². The summed E-state index contributed by atoms with van der Waals surface area (Å²) in [5.74, 6) is -2.37. The highest BCUT2D eigenvalue weighted by atomic mass is 16.6. The Hall–Kier alpha value is -1.14. The smallest absolute Gasteiger partial charge is 0.310 e. The van der Waals surface area contributed by atoms with Crippen molar-refractivity contribution in [2.45, 2.75) is 59.5 Å². The number of hydrogen-bond acceptors (Lipinski definition) is 5. The first-order chi connectivity index (χ1) is 11.6. The summed E-state index contributed by atoms with van der Waals surface area (Å²) in [5, 5.41) is 9.65. The van der Waals surface area contributed by atoms with Gasteiger partial charge < -0.3 is 14.6 Å². The van der Waals surface area contributed by atoms with Gasteiger partial charge in [0.25, 0.3) is 0 Å². The minimum absolute atomic E-state index is 0.213. The molecular weight excluding hydrogens is 322 g/mol. The molecule has 1 rings (SSSR count).